The third kappa shape index (κ3) is 4.23. The van der Waals surface area contributed by atoms with E-state index in [9.17, 15) is 9.59 Å². The van der Waals surface area contributed by atoms with Crippen LogP contribution in [0.1, 0.15) is 45.4 Å². The van der Waals surface area contributed by atoms with Crippen molar-refractivity contribution in [3.63, 3.8) is 0 Å². The van der Waals surface area contributed by atoms with E-state index in [2.05, 4.69) is 30.8 Å². The van der Waals surface area contributed by atoms with E-state index < -0.39 is 0 Å². The van der Waals surface area contributed by atoms with Crippen molar-refractivity contribution in [3.05, 3.63) is 59.4 Å². The van der Waals surface area contributed by atoms with Gasteiger partial charge in [-0.3, -0.25) is 9.59 Å². The summed E-state index contributed by atoms with van der Waals surface area (Å²) in [7, 11) is 0. The van der Waals surface area contributed by atoms with E-state index in [1.807, 2.05) is 32.9 Å². The smallest absolute Gasteiger partial charge is 0.256 e. The number of aromatic nitrogens is 6. The fourth-order valence-electron chi connectivity index (χ4n) is 3.26. The molecule has 0 saturated heterocycles. The van der Waals surface area contributed by atoms with Crippen LogP contribution in [0, 0.1) is 19.8 Å². The molecule has 2 amide bonds. The van der Waals surface area contributed by atoms with Gasteiger partial charge in [0.1, 0.15) is 11.1 Å². The van der Waals surface area contributed by atoms with Crippen molar-refractivity contribution in [2.24, 2.45) is 5.92 Å². The first kappa shape index (κ1) is 20.5. The topological polar surface area (TPSA) is 119 Å². The Kier molecular flexibility index (Phi) is 5.61. The minimum absolute atomic E-state index is 0.0703. The Hall–Kier alpha value is -3.82. The highest BCUT2D eigenvalue weighted by molar-refractivity contribution is 6.00. The van der Waals surface area contributed by atoms with E-state index in [4.69, 9.17) is 0 Å². The molecule has 0 aliphatic rings. The van der Waals surface area contributed by atoms with Gasteiger partial charge in [0.05, 0.1) is 12.4 Å². The van der Waals surface area contributed by atoms with E-state index in [-0.39, 0.29) is 17.7 Å². The Balaban J connectivity index is 1.37. The fourth-order valence-corrected chi connectivity index (χ4v) is 3.26. The third-order valence-electron chi connectivity index (χ3n) is 5.19. The quantitative estimate of drug-likeness (QED) is 0.469. The van der Waals surface area contributed by atoms with Crippen molar-refractivity contribution in [2.75, 3.05) is 13.1 Å². The summed E-state index contributed by atoms with van der Waals surface area (Å²) in [6, 6.07) is 3.66. The molecule has 4 rings (SSSR count). The van der Waals surface area contributed by atoms with Gasteiger partial charge >= 0.3 is 0 Å². The predicted octanol–water partition coefficient (Wildman–Crippen LogP) is 1.57. The summed E-state index contributed by atoms with van der Waals surface area (Å²) in [5.74, 6) is -0.402. The zero-order valence-electron chi connectivity index (χ0n) is 17.7. The highest BCUT2D eigenvalue weighted by Gasteiger charge is 2.18. The first-order valence-electron chi connectivity index (χ1n) is 10.1. The second kappa shape index (κ2) is 8.50. The Morgan fingerprint density at radius 1 is 0.871 bits per heavy atom. The summed E-state index contributed by atoms with van der Waals surface area (Å²) in [4.78, 5) is 34.1. The van der Waals surface area contributed by atoms with Crippen LogP contribution in [0.15, 0.2) is 36.9 Å². The lowest BCUT2D eigenvalue weighted by atomic mass is 10.1. The molecule has 0 atom stereocenters. The summed E-state index contributed by atoms with van der Waals surface area (Å²) in [6.07, 6.45) is 7.37. The van der Waals surface area contributed by atoms with E-state index >= 15 is 0 Å². The second-order valence-corrected chi connectivity index (χ2v) is 7.49. The Bertz CT molecular complexity index is 1160. The van der Waals surface area contributed by atoms with Crippen LogP contribution >= 0.6 is 0 Å². The SMILES string of the molecule is CCC(CNC(=O)c1cnn2ccc(C)nc12)CNC(=O)c1cnn2ccc(C)nc12. The second-order valence-electron chi connectivity index (χ2n) is 7.49. The third-order valence-corrected chi connectivity index (χ3v) is 5.19. The number of amides is 2. The fraction of sp³-hybridized carbons (Fsp3) is 0.333. The number of nitrogens with one attached hydrogen (secondary N) is 2. The van der Waals surface area contributed by atoms with Gasteiger partial charge in [-0.1, -0.05) is 6.92 Å². The van der Waals surface area contributed by atoms with Gasteiger partial charge in [0, 0.05) is 36.9 Å². The van der Waals surface area contributed by atoms with E-state index in [0.717, 1.165) is 17.8 Å². The largest absolute Gasteiger partial charge is 0.352 e. The molecule has 0 radical (unpaired) electrons. The van der Waals surface area contributed by atoms with Gasteiger partial charge in [-0.15, -0.1) is 0 Å². The predicted molar refractivity (Wildman–Crippen MR) is 114 cm³/mol. The molecule has 0 spiro atoms. The zero-order valence-corrected chi connectivity index (χ0v) is 17.7. The van der Waals surface area contributed by atoms with Crippen LogP contribution in [0.2, 0.25) is 0 Å². The molecule has 160 valence electrons. The molecule has 4 aromatic rings. The number of rotatable bonds is 7. The lowest BCUT2D eigenvalue weighted by molar-refractivity contribution is 0.0940. The summed E-state index contributed by atoms with van der Waals surface area (Å²) in [6.45, 7) is 6.59. The molecule has 0 aliphatic carbocycles. The van der Waals surface area contributed by atoms with E-state index in [1.54, 1.807) is 21.4 Å². The lowest BCUT2D eigenvalue weighted by Gasteiger charge is -2.16. The molecule has 31 heavy (non-hydrogen) atoms. The maximum absolute atomic E-state index is 12.6. The highest BCUT2D eigenvalue weighted by atomic mass is 16.2. The maximum Gasteiger partial charge on any atom is 0.256 e. The minimum Gasteiger partial charge on any atom is -0.352 e. The normalized spacial score (nSPS) is 11.4. The monoisotopic (exact) mass is 420 g/mol. The van der Waals surface area contributed by atoms with Crippen LogP contribution in [0.3, 0.4) is 0 Å². The lowest BCUT2D eigenvalue weighted by Crippen LogP contribution is -2.36. The average molecular weight is 420 g/mol. The van der Waals surface area contributed by atoms with E-state index in [0.29, 0.717) is 35.5 Å². The number of hydrogen-bond donors (Lipinski definition) is 2. The van der Waals surface area contributed by atoms with Crippen LogP contribution in [0.4, 0.5) is 0 Å². The van der Waals surface area contributed by atoms with Crippen molar-refractivity contribution in [1.82, 2.24) is 39.8 Å². The van der Waals surface area contributed by atoms with E-state index in [1.165, 1.54) is 12.4 Å². The molecule has 0 saturated carbocycles. The molecule has 10 nitrogen and oxygen atoms in total. The van der Waals surface area contributed by atoms with Crippen molar-refractivity contribution >= 4 is 23.1 Å². The van der Waals surface area contributed by atoms with Crippen LogP contribution < -0.4 is 10.6 Å². The molecule has 0 bridgehead atoms. The van der Waals surface area contributed by atoms with Gasteiger partial charge in [-0.25, -0.2) is 19.0 Å². The van der Waals surface area contributed by atoms with Gasteiger partial charge in [0.2, 0.25) is 0 Å². The minimum atomic E-state index is -0.236. The number of carbonyl (C=O) groups is 2. The van der Waals surface area contributed by atoms with Crippen LogP contribution in [0.5, 0.6) is 0 Å². The molecular weight excluding hydrogens is 396 g/mol. The molecule has 4 aromatic heterocycles. The molecule has 0 unspecified atom stereocenters. The molecule has 0 aliphatic heterocycles. The Labute approximate surface area is 178 Å². The van der Waals surface area contributed by atoms with Crippen molar-refractivity contribution in [3.8, 4) is 0 Å². The van der Waals surface area contributed by atoms with Gasteiger partial charge in [-0.2, -0.15) is 10.2 Å². The average Bonchev–Trinajstić information content (AvgIpc) is 3.37. The first-order chi connectivity index (χ1) is 15.0. The van der Waals surface area contributed by atoms with Gasteiger partial charge < -0.3 is 10.6 Å². The number of carbonyl (C=O) groups excluding carboxylic acids is 2. The first-order valence-corrected chi connectivity index (χ1v) is 10.1. The summed E-state index contributed by atoms with van der Waals surface area (Å²) in [5, 5.41) is 14.2. The molecule has 10 heteroatoms. The summed E-state index contributed by atoms with van der Waals surface area (Å²) >= 11 is 0. The molecule has 4 heterocycles. The van der Waals surface area contributed by atoms with Crippen LogP contribution in [0.25, 0.3) is 11.3 Å². The molecule has 0 aromatic carbocycles. The molecule has 0 fully saturated rings. The highest BCUT2D eigenvalue weighted by Crippen LogP contribution is 2.11. The maximum atomic E-state index is 12.6. The number of hydrogen-bond acceptors (Lipinski definition) is 6. The standard InChI is InChI=1S/C21H24N8O2/c1-4-15(9-22-20(30)16-11-24-28-7-5-13(2)26-18(16)28)10-23-21(31)17-12-25-29-8-6-14(3)27-19(17)29/h5-8,11-12,15H,4,9-10H2,1-3H3,(H,22,30)(H,23,31). The Morgan fingerprint density at radius 3 is 1.74 bits per heavy atom. The Morgan fingerprint density at radius 2 is 1.32 bits per heavy atom. The zero-order chi connectivity index (χ0) is 22.0. The summed E-state index contributed by atoms with van der Waals surface area (Å²) < 4.78 is 3.15. The summed E-state index contributed by atoms with van der Waals surface area (Å²) in [5.41, 5.74) is 3.53. The number of aryl methyl sites for hydroxylation is 2. The van der Waals surface area contributed by atoms with Crippen molar-refractivity contribution < 1.29 is 9.59 Å². The van der Waals surface area contributed by atoms with Crippen molar-refractivity contribution in [2.45, 2.75) is 27.2 Å². The molecule has 2 N–H and O–H groups in total. The van der Waals surface area contributed by atoms with Gasteiger partial charge in [0.15, 0.2) is 11.3 Å². The molecular formula is C21H24N8O2. The van der Waals surface area contributed by atoms with Crippen LogP contribution in [-0.4, -0.2) is 54.1 Å². The van der Waals surface area contributed by atoms with Gasteiger partial charge in [-0.05, 0) is 38.3 Å². The van der Waals surface area contributed by atoms with Crippen molar-refractivity contribution in [1.29, 1.82) is 0 Å². The number of fused-ring (bicyclic) bond motifs is 2. The number of nitrogens with zero attached hydrogens (tertiary/aromatic N) is 6. The van der Waals surface area contributed by atoms with Crippen LogP contribution in [-0.2, 0) is 0 Å². The van der Waals surface area contributed by atoms with Gasteiger partial charge in [0.25, 0.3) is 11.8 Å².